The highest BCUT2D eigenvalue weighted by atomic mass is 35.5. The van der Waals surface area contributed by atoms with Crippen molar-refractivity contribution in [1.82, 2.24) is 20.2 Å². The van der Waals surface area contributed by atoms with Gasteiger partial charge in [-0.25, -0.2) is 0 Å². The predicted molar refractivity (Wildman–Crippen MR) is 92.3 cm³/mol. The van der Waals surface area contributed by atoms with Crippen LogP contribution in [0.5, 0.6) is 0 Å². The SMILES string of the molecule is Cc1cccc(-c2[nH]ncc2-c2ccnc3ccc(Cl)cc23)n1. The largest absolute Gasteiger partial charge is 0.276 e. The first-order valence-electron chi connectivity index (χ1n) is 7.24. The number of benzene rings is 1. The molecule has 112 valence electrons. The van der Waals surface area contributed by atoms with E-state index >= 15 is 0 Å². The molecule has 0 amide bonds. The summed E-state index contributed by atoms with van der Waals surface area (Å²) in [6.45, 7) is 1.97. The van der Waals surface area contributed by atoms with Gasteiger partial charge in [-0.05, 0) is 48.9 Å². The van der Waals surface area contributed by atoms with Crippen LogP contribution in [0, 0.1) is 6.92 Å². The van der Waals surface area contributed by atoms with E-state index in [1.165, 1.54) is 0 Å². The molecule has 23 heavy (non-hydrogen) atoms. The Bertz CT molecular complexity index is 1010. The lowest BCUT2D eigenvalue weighted by Gasteiger charge is -2.07. The summed E-state index contributed by atoms with van der Waals surface area (Å²) < 4.78 is 0. The van der Waals surface area contributed by atoms with E-state index in [0.29, 0.717) is 5.02 Å². The van der Waals surface area contributed by atoms with Crippen LogP contribution >= 0.6 is 11.6 Å². The predicted octanol–water partition coefficient (Wildman–Crippen LogP) is 4.65. The molecule has 0 saturated carbocycles. The van der Waals surface area contributed by atoms with Gasteiger partial charge in [0.15, 0.2) is 0 Å². The summed E-state index contributed by atoms with van der Waals surface area (Å²) in [5.74, 6) is 0. The summed E-state index contributed by atoms with van der Waals surface area (Å²) in [5, 5.41) is 8.96. The molecule has 0 saturated heterocycles. The number of halogens is 1. The Kier molecular flexibility index (Phi) is 3.32. The van der Waals surface area contributed by atoms with Crippen LogP contribution < -0.4 is 0 Å². The van der Waals surface area contributed by atoms with Crippen molar-refractivity contribution in [3.8, 4) is 22.5 Å². The smallest absolute Gasteiger partial charge is 0.0913 e. The molecule has 4 rings (SSSR count). The highest BCUT2D eigenvalue weighted by Crippen LogP contribution is 2.34. The van der Waals surface area contributed by atoms with Crippen LogP contribution in [0.25, 0.3) is 33.4 Å². The zero-order valence-electron chi connectivity index (χ0n) is 12.4. The molecule has 0 aliphatic carbocycles. The molecular weight excluding hydrogens is 308 g/mol. The Morgan fingerprint density at radius 1 is 1.04 bits per heavy atom. The molecule has 0 aliphatic heterocycles. The van der Waals surface area contributed by atoms with Crippen molar-refractivity contribution >= 4 is 22.5 Å². The topological polar surface area (TPSA) is 54.5 Å². The number of rotatable bonds is 2. The van der Waals surface area contributed by atoms with E-state index in [-0.39, 0.29) is 0 Å². The summed E-state index contributed by atoms with van der Waals surface area (Å²) in [6, 6.07) is 13.6. The monoisotopic (exact) mass is 320 g/mol. The molecule has 3 heterocycles. The maximum absolute atomic E-state index is 6.17. The molecule has 1 aromatic carbocycles. The Morgan fingerprint density at radius 2 is 1.96 bits per heavy atom. The van der Waals surface area contributed by atoms with E-state index in [1.807, 2.05) is 55.6 Å². The van der Waals surface area contributed by atoms with Crippen LogP contribution in [0.2, 0.25) is 5.02 Å². The van der Waals surface area contributed by atoms with E-state index in [0.717, 1.165) is 39.1 Å². The molecule has 0 unspecified atom stereocenters. The lowest BCUT2D eigenvalue weighted by molar-refractivity contribution is 1.08. The fourth-order valence-electron chi connectivity index (χ4n) is 2.72. The highest BCUT2D eigenvalue weighted by molar-refractivity contribution is 6.31. The zero-order valence-corrected chi connectivity index (χ0v) is 13.2. The first kappa shape index (κ1) is 13.9. The molecule has 0 fully saturated rings. The van der Waals surface area contributed by atoms with Crippen LogP contribution in [-0.2, 0) is 0 Å². The zero-order chi connectivity index (χ0) is 15.8. The van der Waals surface area contributed by atoms with Gasteiger partial charge >= 0.3 is 0 Å². The highest BCUT2D eigenvalue weighted by Gasteiger charge is 2.14. The van der Waals surface area contributed by atoms with Gasteiger partial charge in [-0.2, -0.15) is 5.10 Å². The number of aromatic amines is 1. The van der Waals surface area contributed by atoms with E-state index < -0.39 is 0 Å². The van der Waals surface area contributed by atoms with Crippen LogP contribution in [-0.4, -0.2) is 20.2 Å². The third-order valence-electron chi connectivity index (χ3n) is 3.78. The number of hydrogen-bond donors (Lipinski definition) is 1. The van der Waals surface area contributed by atoms with Gasteiger partial charge in [0.05, 0.1) is 23.1 Å². The molecule has 4 nitrogen and oxygen atoms in total. The first-order valence-corrected chi connectivity index (χ1v) is 7.62. The second-order valence-corrected chi connectivity index (χ2v) is 5.78. The van der Waals surface area contributed by atoms with E-state index in [4.69, 9.17) is 11.6 Å². The quantitative estimate of drug-likeness (QED) is 0.585. The summed E-state index contributed by atoms with van der Waals surface area (Å²) in [5.41, 5.74) is 5.63. The first-order chi connectivity index (χ1) is 11.2. The van der Waals surface area contributed by atoms with Gasteiger partial charge < -0.3 is 0 Å². The Labute approximate surface area is 138 Å². The van der Waals surface area contributed by atoms with Crippen molar-refractivity contribution < 1.29 is 0 Å². The number of H-pyrrole nitrogens is 1. The molecule has 0 spiro atoms. The average Bonchev–Trinajstić information content (AvgIpc) is 3.03. The lowest BCUT2D eigenvalue weighted by Crippen LogP contribution is -1.90. The van der Waals surface area contributed by atoms with Gasteiger partial charge in [-0.1, -0.05) is 17.7 Å². The van der Waals surface area contributed by atoms with Gasteiger partial charge in [-0.3, -0.25) is 15.1 Å². The van der Waals surface area contributed by atoms with E-state index in [2.05, 4.69) is 20.2 Å². The standard InChI is InChI=1S/C18H13ClN4/c1-11-3-2-4-17(22-11)18-15(10-21-23-18)13-7-8-20-16-6-5-12(19)9-14(13)16/h2-10H,1H3,(H,21,23). The van der Waals surface area contributed by atoms with E-state index in [1.54, 1.807) is 6.20 Å². The van der Waals surface area contributed by atoms with Crippen molar-refractivity contribution in [1.29, 1.82) is 0 Å². The maximum Gasteiger partial charge on any atom is 0.0913 e. The van der Waals surface area contributed by atoms with Crippen LogP contribution in [0.1, 0.15) is 5.69 Å². The van der Waals surface area contributed by atoms with Gasteiger partial charge in [0, 0.05) is 27.9 Å². The van der Waals surface area contributed by atoms with Gasteiger partial charge in [0.25, 0.3) is 0 Å². The normalized spacial score (nSPS) is 11.0. The molecule has 0 aliphatic rings. The van der Waals surface area contributed by atoms with Gasteiger partial charge in [0.2, 0.25) is 0 Å². The number of fused-ring (bicyclic) bond motifs is 1. The Hall–Kier alpha value is -2.72. The number of pyridine rings is 2. The number of aryl methyl sites for hydroxylation is 1. The number of nitrogens with zero attached hydrogens (tertiary/aromatic N) is 3. The van der Waals surface area contributed by atoms with Gasteiger partial charge in [-0.15, -0.1) is 0 Å². The fraction of sp³-hybridized carbons (Fsp3) is 0.0556. The molecule has 1 N–H and O–H groups in total. The lowest BCUT2D eigenvalue weighted by atomic mass is 10.0. The van der Waals surface area contributed by atoms with Crippen molar-refractivity contribution in [2.75, 3.05) is 0 Å². The summed E-state index contributed by atoms with van der Waals surface area (Å²) >= 11 is 6.17. The van der Waals surface area contributed by atoms with Crippen molar-refractivity contribution in [3.63, 3.8) is 0 Å². The van der Waals surface area contributed by atoms with Gasteiger partial charge in [0.1, 0.15) is 0 Å². The fourth-order valence-corrected chi connectivity index (χ4v) is 2.89. The molecule has 4 aromatic rings. The van der Waals surface area contributed by atoms with Crippen LogP contribution in [0.15, 0.2) is 54.9 Å². The molecule has 0 bridgehead atoms. The number of nitrogens with one attached hydrogen (secondary N) is 1. The van der Waals surface area contributed by atoms with E-state index in [9.17, 15) is 0 Å². The second-order valence-electron chi connectivity index (χ2n) is 5.34. The maximum atomic E-state index is 6.17. The summed E-state index contributed by atoms with van der Waals surface area (Å²) in [6.07, 6.45) is 3.61. The summed E-state index contributed by atoms with van der Waals surface area (Å²) in [4.78, 5) is 8.99. The molecular formula is C18H13ClN4. The minimum absolute atomic E-state index is 0.686. The van der Waals surface area contributed by atoms with Crippen LogP contribution in [0.3, 0.4) is 0 Å². The minimum atomic E-state index is 0.686. The Morgan fingerprint density at radius 3 is 2.83 bits per heavy atom. The third kappa shape index (κ3) is 2.47. The van der Waals surface area contributed by atoms with Crippen molar-refractivity contribution in [2.45, 2.75) is 6.92 Å². The third-order valence-corrected chi connectivity index (χ3v) is 4.01. The molecule has 0 atom stereocenters. The molecule has 5 heteroatoms. The number of hydrogen-bond acceptors (Lipinski definition) is 3. The molecule has 0 radical (unpaired) electrons. The molecule has 3 aromatic heterocycles. The summed E-state index contributed by atoms with van der Waals surface area (Å²) in [7, 11) is 0. The number of aromatic nitrogens is 4. The second kappa shape index (κ2) is 5.48. The van der Waals surface area contributed by atoms with Crippen molar-refractivity contribution in [3.05, 3.63) is 65.6 Å². The Balaban J connectivity index is 1.97. The van der Waals surface area contributed by atoms with Crippen LogP contribution in [0.4, 0.5) is 0 Å². The van der Waals surface area contributed by atoms with Crippen molar-refractivity contribution in [2.24, 2.45) is 0 Å². The average molecular weight is 321 g/mol. The minimum Gasteiger partial charge on any atom is -0.276 e.